The zero-order valence-electron chi connectivity index (χ0n) is 5.83. The van der Waals surface area contributed by atoms with Gasteiger partial charge < -0.3 is 22.3 Å². The Balaban J connectivity index is 3.13. The van der Waals surface area contributed by atoms with E-state index in [1.807, 2.05) is 0 Å². The first kappa shape index (κ1) is 9.19. The van der Waals surface area contributed by atoms with Crippen LogP contribution in [0.5, 0.6) is 0 Å². The molecule has 0 aromatic heterocycles. The lowest BCUT2D eigenvalue weighted by molar-refractivity contribution is 0.170. The summed E-state index contributed by atoms with van der Waals surface area (Å²) in [5.41, 5.74) is 15.1. The van der Waals surface area contributed by atoms with Crippen molar-refractivity contribution in [3.05, 3.63) is 0 Å². The van der Waals surface area contributed by atoms with E-state index in [2.05, 4.69) is 4.99 Å². The molecular weight excluding hydrogens is 132 g/mol. The Morgan fingerprint density at radius 2 is 2.10 bits per heavy atom. The first-order valence-electron chi connectivity index (χ1n) is 3.12. The molecule has 0 saturated carbocycles. The Bertz CT molecular complexity index is 108. The molecule has 0 saturated heterocycles. The Kier molecular flexibility index (Phi) is 4.61. The van der Waals surface area contributed by atoms with Crippen molar-refractivity contribution in [1.29, 1.82) is 0 Å². The van der Waals surface area contributed by atoms with Crippen LogP contribution in [0, 0.1) is 0 Å². The van der Waals surface area contributed by atoms with Crippen molar-refractivity contribution in [2.24, 2.45) is 22.2 Å². The number of guanidine groups is 1. The molecule has 0 radical (unpaired) electrons. The molecular formula is C5H14N4O. The normalized spacial score (nSPS) is 12.6. The van der Waals surface area contributed by atoms with E-state index >= 15 is 0 Å². The molecule has 0 fully saturated rings. The summed E-state index contributed by atoms with van der Waals surface area (Å²) in [6.45, 7) is 0.524. The molecule has 0 bridgehead atoms. The van der Waals surface area contributed by atoms with E-state index in [-0.39, 0.29) is 5.96 Å². The molecule has 0 aliphatic rings. The lowest BCUT2D eigenvalue weighted by Crippen LogP contribution is -2.23. The van der Waals surface area contributed by atoms with Gasteiger partial charge in [0.2, 0.25) is 0 Å². The number of aliphatic hydroxyl groups is 1. The minimum absolute atomic E-state index is 0.0755. The molecule has 10 heavy (non-hydrogen) atoms. The second-order valence-corrected chi connectivity index (χ2v) is 2.02. The van der Waals surface area contributed by atoms with Gasteiger partial charge in [0.25, 0.3) is 0 Å². The maximum atomic E-state index is 8.58. The monoisotopic (exact) mass is 146 g/mol. The average molecular weight is 146 g/mol. The van der Waals surface area contributed by atoms with Crippen LogP contribution < -0.4 is 17.2 Å². The molecule has 1 atom stereocenters. The minimum Gasteiger partial charge on any atom is -0.379 e. The van der Waals surface area contributed by atoms with Gasteiger partial charge in [0.1, 0.15) is 6.23 Å². The van der Waals surface area contributed by atoms with Crippen LogP contribution in [0.2, 0.25) is 0 Å². The molecule has 60 valence electrons. The highest BCUT2D eigenvalue weighted by Gasteiger charge is 1.93. The third kappa shape index (κ3) is 7.19. The topological polar surface area (TPSA) is 111 Å². The van der Waals surface area contributed by atoms with Gasteiger partial charge in [-0.25, -0.2) is 0 Å². The molecule has 0 aliphatic carbocycles. The van der Waals surface area contributed by atoms with Gasteiger partial charge in [-0.2, -0.15) is 0 Å². The van der Waals surface area contributed by atoms with Crippen LogP contribution in [0.15, 0.2) is 4.99 Å². The minimum atomic E-state index is -0.755. The SMILES string of the molecule is NC(N)=NCCCC(N)O. The Hall–Kier alpha value is -0.810. The fraction of sp³-hybridized carbons (Fsp3) is 0.800. The largest absolute Gasteiger partial charge is 0.379 e. The number of rotatable bonds is 4. The third-order valence-corrected chi connectivity index (χ3v) is 0.952. The van der Waals surface area contributed by atoms with Crippen LogP contribution >= 0.6 is 0 Å². The van der Waals surface area contributed by atoms with E-state index < -0.39 is 6.23 Å². The summed E-state index contributed by atoms with van der Waals surface area (Å²) in [7, 11) is 0. The van der Waals surface area contributed by atoms with Crippen molar-refractivity contribution in [3.8, 4) is 0 Å². The van der Waals surface area contributed by atoms with E-state index in [0.29, 0.717) is 19.4 Å². The predicted octanol–water partition coefficient (Wildman–Crippen LogP) is -1.68. The summed E-state index contributed by atoms with van der Waals surface area (Å²) >= 11 is 0. The highest BCUT2D eigenvalue weighted by atomic mass is 16.3. The maximum absolute atomic E-state index is 8.58. The first-order valence-corrected chi connectivity index (χ1v) is 3.12. The van der Waals surface area contributed by atoms with Crippen LogP contribution in [0.25, 0.3) is 0 Å². The van der Waals surface area contributed by atoms with Crippen LogP contribution in [0.1, 0.15) is 12.8 Å². The smallest absolute Gasteiger partial charge is 0.185 e. The van der Waals surface area contributed by atoms with E-state index in [0.717, 1.165) is 0 Å². The number of hydrogen-bond donors (Lipinski definition) is 4. The number of aliphatic hydroxyl groups excluding tert-OH is 1. The van der Waals surface area contributed by atoms with E-state index in [1.54, 1.807) is 0 Å². The van der Waals surface area contributed by atoms with Crippen LogP contribution in [-0.4, -0.2) is 23.8 Å². The van der Waals surface area contributed by atoms with Crippen molar-refractivity contribution < 1.29 is 5.11 Å². The van der Waals surface area contributed by atoms with Gasteiger partial charge >= 0.3 is 0 Å². The maximum Gasteiger partial charge on any atom is 0.185 e. The quantitative estimate of drug-likeness (QED) is 0.164. The molecule has 0 rings (SSSR count). The van der Waals surface area contributed by atoms with E-state index in [9.17, 15) is 0 Å². The van der Waals surface area contributed by atoms with Gasteiger partial charge in [-0.3, -0.25) is 4.99 Å². The number of nitrogens with zero attached hydrogens (tertiary/aromatic N) is 1. The molecule has 0 amide bonds. The standard InChI is InChI=1S/C5H14N4O/c6-4(10)2-1-3-9-5(7)8/h4,10H,1-3,6H2,(H4,7,8,9). The van der Waals surface area contributed by atoms with Crippen molar-refractivity contribution in [1.82, 2.24) is 0 Å². The van der Waals surface area contributed by atoms with Crippen molar-refractivity contribution in [3.63, 3.8) is 0 Å². The molecule has 5 heteroatoms. The molecule has 0 spiro atoms. The summed E-state index contributed by atoms with van der Waals surface area (Å²) in [6, 6.07) is 0. The second-order valence-electron chi connectivity index (χ2n) is 2.02. The molecule has 0 aromatic rings. The van der Waals surface area contributed by atoms with Crippen molar-refractivity contribution in [2.45, 2.75) is 19.1 Å². The Morgan fingerprint density at radius 1 is 1.50 bits per heavy atom. The zero-order chi connectivity index (χ0) is 7.98. The van der Waals surface area contributed by atoms with Gasteiger partial charge in [0.15, 0.2) is 5.96 Å². The van der Waals surface area contributed by atoms with Crippen LogP contribution in [0.3, 0.4) is 0 Å². The van der Waals surface area contributed by atoms with Gasteiger partial charge in [0.05, 0.1) is 0 Å². The van der Waals surface area contributed by atoms with E-state index in [1.165, 1.54) is 0 Å². The number of aliphatic imine (C=N–C) groups is 1. The van der Waals surface area contributed by atoms with Crippen LogP contribution in [0.4, 0.5) is 0 Å². The molecule has 0 aromatic carbocycles. The summed E-state index contributed by atoms with van der Waals surface area (Å²) in [6.07, 6.45) is 0.473. The van der Waals surface area contributed by atoms with Crippen LogP contribution in [-0.2, 0) is 0 Å². The van der Waals surface area contributed by atoms with Gasteiger partial charge in [-0.15, -0.1) is 0 Å². The Morgan fingerprint density at radius 3 is 2.50 bits per heavy atom. The lowest BCUT2D eigenvalue weighted by Gasteiger charge is -2.00. The van der Waals surface area contributed by atoms with Crippen molar-refractivity contribution in [2.75, 3.05) is 6.54 Å². The molecule has 0 heterocycles. The average Bonchev–Trinajstić information content (AvgIpc) is 1.79. The predicted molar refractivity (Wildman–Crippen MR) is 40.1 cm³/mol. The number of nitrogens with two attached hydrogens (primary N) is 3. The highest BCUT2D eigenvalue weighted by Crippen LogP contribution is 1.90. The van der Waals surface area contributed by atoms with Gasteiger partial charge in [0, 0.05) is 6.54 Å². The molecule has 5 nitrogen and oxygen atoms in total. The highest BCUT2D eigenvalue weighted by molar-refractivity contribution is 5.75. The fourth-order valence-electron chi connectivity index (χ4n) is 0.509. The first-order chi connectivity index (χ1) is 4.63. The molecule has 7 N–H and O–H groups in total. The summed E-state index contributed by atoms with van der Waals surface area (Å²) in [4.78, 5) is 3.70. The summed E-state index contributed by atoms with van der Waals surface area (Å²) < 4.78 is 0. The van der Waals surface area contributed by atoms with Gasteiger partial charge in [-0.1, -0.05) is 0 Å². The zero-order valence-corrected chi connectivity index (χ0v) is 5.83. The third-order valence-electron chi connectivity index (χ3n) is 0.952. The van der Waals surface area contributed by atoms with Gasteiger partial charge in [-0.05, 0) is 12.8 Å². The fourth-order valence-corrected chi connectivity index (χ4v) is 0.509. The summed E-state index contributed by atoms with van der Waals surface area (Å²) in [5, 5.41) is 8.58. The lowest BCUT2D eigenvalue weighted by atomic mass is 10.3. The summed E-state index contributed by atoms with van der Waals surface area (Å²) in [5.74, 6) is 0.0755. The number of hydrogen-bond acceptors (Lipinski definition) is 3. The second kappa shape index (κ2) is 5.01. The van der Waals surface area contributed by atoms with Crippen molar-refractivity contribution >= 4 is 5.96 Å². The molecule has 0 aliphatic heterocycles. The van der Waals surface area contributed by atoms with E-state index in [4.69, 9.17) is 22.3 Å². The Labute approximate surface area is 59.9 Å². The molecule has 1 unspecified atom stereocenters.